The standard InChI is InChI=1S/C23H22F2N4O2S/c24-18-7-6-16(12-19(18)25)20-14-32-23(27-20)28-21(30)13-29-10-8-15(9-11-29)22(31)26-17-4-2-1-3-5-17/h1-7,12,14-15H,8-11,13H2,(H,26,31)(H,27,28,30). The number of carbonyl (C=O) groups excluding carboxylic acids is 2. The number of rotatable bonds is 6. The molecular weight excluding hydrogens is 434 g/mol. The number of nitrogens with zero attached hydrogens (tertiary/aromatic N) is 2. The molecular formula is C23H22F2N4O2S. The Morgan fingerprint density at radius 3 is 2.50 bits per heavy atom. The third-order valence-corrected chi connectivity index (χ3v) is 6.09. The molecule has 0 atom stereocenters. The lowest BCUT2D eigenvalue weighted by Gasteiger charge is -2.30. The molecule has 0 spiro atoms. The summed E-state index contributed by atoms with van der Waals surface area (Å²) in [6, 6.07) is 12.9. The highest BCUT2D eigenvalue weighted by molar-refractivity contribution is 7.14. The van der Waals surface area contributed by atoms with Crippen LogP contribution in [-0.4, -0.2) is 41.3 Å². The third-order valence-electron chi connectivity index (χ3n) is 5.33. The van der Waals surface area contributed by atoms with Gasteiger partial charge in [0.2, 0.25) is 11.8 Å². The molecule has 0 aliphatic carbocycles. The number of halogens is 2. The van der Waals surface area contributed by atoms with Crippen molar-refractivity contribution in [3.8, 4) is 11.3 Å². The Hall–Kier alpha value is -3.17. The van der Waals surface area contributed by atoms with Crippen molar-refractivity contribution < 1.29 is 18.4 Å². The Morgan fingerprint density at radius 2 is 1.78 bits per heavy atom. The van der Waals surface area contributed by atoms with Crippen LogP contribution in [0.5, 0.6) is 0 Å². The minimum atomic E-state index is -0.943. The van der Waals surface area contributed by atoms with Crippen molar-refractivity contribution in [2.75, 3.05) is 30.3 Å². The Bertz CT molecular complexity index is 1100. The van der Waals surface area contributed by atoms with Crippen LogP contribution in [0.2, 0.25) is 0 Å². The van der Waals surface area contributed by atoms with Crippen LogP contribution in [0.15, 0.2) is 53.9 Å². The zero-order chi connectivity index (χ0) is 22.5. The van der Waals surface area contributed by atoms with Crippen LogP contribution in [0, 0.1) is 17.6 Å². The van der Waals surface area contributed by atoms with Crippen LogP contribution in [-0.2, 0) is 9.59 Å². The molecule has 1 saturated heterocycles. The van der Waals surface area contributed by atoms with Gasteiger partial charge >= 0.3 is 0 Å². The molecule has 166 valence electrons. The van der Waals surface area contributed by atoms with Crippen LogP contribution in [0.1, 0.15) is 12.8 Å². The molecule has 32 heavy (non-hydrogen) atoms. The highest BCUT2D eigenvalue weighted by atomic mass is 32.1. The van der Waals surface area contributed by atoms with Gasteiger partial charge in [-0.15, -0.1) is 11.3 Å². The second-order valence-electron chi connectivity index (χ2n) is 7.62. The van der Waals surface area contributed by atoms with Crippen LogP contribution in [0.4, 0.5) is 19.6 Å². The molecule has 6 nitrogen and oxygen atoms in total. The van der Waals surface area contributed by atoms with Crippen molar-refractivity contribution in [1.82, 2.24) is 9.88 Å². The van der Waals surface area contributed by atoms with E-state index in [1.165, 1.54) is 17.4 Å². The summed E-state index contributed by atoms with van der Waals surface area (Å²) >= 11 is 1.22. The van der Waals surface area contributed by atoms with E-state index in [-0.39, 0.29) is 24.3 Å². The average Bonchev–Trinajstić information content (AvgIpc) is 3.25. The summed E-state index contributed by atoms with van der Waals surface area (Å²) in [5.74, 6) is -2.14. The molecule has 3 aromatic rings. The number of aromatic nitrogens is 1. The van der Waals surface area contributed by atoms with Gasteiger partial charge in [-0.2, -0.15) is 0 Å². The van der Waals surface area contributed by atoms with Gasteiger partial charge in [0.1, 0.15) is 0 Å². The first-order valence-corrected chi connectivity index (χ1v) is 11.1. The lowest BCUT2D eigenvalue weighted by Crippen LogP contribution is -2.41. The van der Waals surface area contributed by atoms with Crippen LogP contribution < -0.4 is 10.6 Å². The minimum Gasteiger partial charge on any atom is -0.326 e. The fourth-order valence-corrected chi connectivity index (χ4v) is 4.34. The second kappa shape index (κ2) is 9.97. The minimum absolute atomic E-state index is 0.00727. The van der Waals surface area contributed by atoms with E-state index in [2.05, 4.69) is 15.6 Å². The SMILES string of the molecule is O=C(CN1CCC(C(=O)Nc2ccccc2)CC1)Nc1nc(-c2ccc(F)c(F)c2)cs1. The van der Waals surface area contributed by atoms with Gasteiger partial charge in [-0.3, -0.25) is 14.5 Å². The summed E-state index contributed by atoms with van der Waals surface area (Å²) in [7, 11) is 0. The van der Waals surface area contributed by atoms with Crippen LogP contribution >= 0.6 is 11.3 Å². The predicted molar refractivity (Wildman–Crippen MR) is 120 cm³/mol. The number of amides is 2. The molecule has 0 unspecified atom stereocenters. The molecule has 0 radical (unpaired) electrons. The van der Waals surface area contributed by atoms with E-state index in [4.69, 9.17) is 0 Å². The average molecular weight is 457 g/mol. The van der Waals surface area contributed by atoms with E-state index in [1.54, 1.807) is 5.38 Å². The van der Waals surface area contributed by atoms with Gasteiger partial charge in [0, 0.05) is 22.5 Å². The van der Waals surface area contributed by atoms with E-state index in [0.717, 1.165) is 17.8 Å². The molecule has 2 aromatic carbocycles. The third kappa shape index (κ3) is 5.54. The van der Waals surface area contributed by atoms with Crippen LogP contribution in [0.25, 0.3) is 11.3 Å². The number of piperidine rings is 1. The number of thiazole rings is 1. The van der Waals surface area contributed by atoms with Gasteiger partial charge in [-0.25, -0.2) is 13.8 Å². The zero-order valence-corrected chi connectivity index (χ0v) is 18.0. The molecule has 0 saturated carbocycles. The molecule has 2 N–H and O–H groups in total. The van der Waals surface area contributed by atoms with E-state index in [0.29, 0.717) is 42.3 Å². The molecule has 1 aliphatic rings. The largest absolute Gasteiger partial charge is 0.326 e. The fourth-order valence-electron chi connectivity index (χ4n) is 3.60. The molecule has 4 rings (SSSR count). The zero-order valence-electron chi connectivity index (χ0n) is 17.2. The summed E-state index contributed by atoms with van der Waals surface area (Å²) in [6.07, 6.45) is 1.37. The highest BCUT2D eigenvalue weighted by Crippen LogP contribution is 2.26. The first kappa shape index (κ1) is 22.0. The van der Waals surface area contributed by atoms with Crippen molar-refractivity contribution in [3.63, 3.8) is 0 Å². The Balaban J connectivity index is 1.24. The predicted octanol–water partition coefficient (Wildman–Crippen LogP) is 4.38. The van der Waals surface area contributed by atoms with Gasteiger partial charge in [-0.1, -0.05) is 18.2 Å². The molecule has 1 aliphatic heterocycles. The maximum Gasteiger partial charge on any atom is 0.240 e. The maximum atomic E-state index is 13.4. The summed E-state index contributed by atoms with van der Waals surface area (Å²) in [4.78, 5) is 31.1. The van der Waals surface area contributed by atoms with Crippen LogP contribution in [0.3, 0.4) is 0 Å². The van der Waals surface area contributed by atoms with Crippen molar-refractivity contribution in [3.05, 3.63) is 65.5 Å². The Morgan fingerprint density at radius 1 is 1.03 bits per heavy atom. The molecule has 2 amide bonds. The van der Waals surface area contributed by atoms with Gasteiger partial charge in [0.15, 0.2) is 16.8 Å². The number of likely N-dealkylation sites (tertiary alicyclic amines) is 1. The molecule has 2 heterocycles. The Labute approximate surface area is 188 Å². The summed E-state index contributed by atoms with van der Waals surface area (Å²) in [5, 5.41) is 7.76. The van der Waals surface area contributed by atoms with Crippen molar-refractivity contribution in [1.29, 1.82) is 0 Å². The monoisotopic (exact) mass is 456 g/mol. The number of hydrogen-bond acceptors (Lipinski definition) is 5. The summed E-state index contributed by atoms with van der Waals surface area (Å²) in [6.45, 7) is 1.50. The summed E-state index contributed by atoms with van der Waals surface area (Å²) < 4.78 is 26.5. The van der Waals surface area contributed by atoms with Gasteiger partial charge in [0.05, 0.1) is 12.2 Å². The van der Waals surface area contributed by atoms with Crippen molar-refractivity contribution in [2.45, 2.75) is 12.8 Å². The number of nitrogens with one attached hydrogen (secondary N) is 2. The fraction of sp³-hybridized carbons (Fsp3) is 0.261. The number of anilines is 2. The van der Waals surface area contributed by atoms with Crippen molar-refractivity contribution in [2.24, 2.45) is 5.92 Å². The van der Waals surface area contributed by atoms with E-state index in [1.807, 2.05) is 35.2 Å². The normalized spacial score (nSPS) is 14.8. The van der Waals surface area contributed by atoms with Gasteiger partial charge in [0.25, 0.3) is 0 Å². The quantitative estimate of drug-likeness (QED) is 0.578. The Kier molecular flexibility index (Phi) is 6.87. The number of para-hydroxylation sites is 1. The first-order chi connectivity index (χ1) is 15.5. The highest BCUT2D eigenvalue weighted by Gasteiger charge is 2.26. The number of carbonyl (C=O) groups is 2. The molecule has 0 bridgehead atoms. The summed E-state index contributed by atoms with van der Waals surface area (Å²) in [5.41, 5.74) is 1.69. The topological polar surface area (TPSA) is 74.3 Å². The van der Waals surface area contributed by atoms with E-state index >= 15 is 0 Å². The number of benzene rings is 2. The van der Waals surface area contributed by atoms with E-state index < -0.39 is 11.6 Å². The number of hydrogen-bond donors (Lipinski definition) is 2. The molecule has 1 aromatic heterocycles. The maximum absolute atomic E-state index is 13.4. The molecule has 9 heteroatoms. The lowest BCUT2D eigenvalue weighted by molar-refractivity contribution is -0.121. The lowest BCUT2D eigenvalue weighted by atomic mass is 9.96. The smallest absolute Gasteiger partial charge is 0.240 e. The second-order valence-corrected chi connectivity index (χ2v) is 8.48. The van der Waals surface area contributed by atoms with E-state index in [9.17, 15) is 18.4 Å². The van der Waals surface area contributed by atoms with Gasteiger partial charge < -0.3 is 10.6 Å². The van der Waals surface area contributed by atoms with Gasteiger partial charge in [-0.05, 0) is 56.3 Å². The molecule has 1 fully saturated rings. The van der Waals surface area contributed by atoms with Crippen molar-refractivity contribution >= 4 is 34.0 Å². The first-order valence-electron chi connectivity index (χ1n) is 10.3.